The first-order valence-corrected chi connectivity index (χ1v) is 9.16. The Balaban J connectivity index is -0.0000000156. The fourth-order valence-electron chi connectivity index (χ4n) is 0. The first kappa shape index (κ1) is 36.1. The minimum absolute atomic E-state index is 0. The van der Waals surface area contributed by atoms with Crippen molar-refractivity contribution in [2.45, 2.75) is 0 Å². The molecule has 0 N–H and O–H groups in total. The maximum atomic E-state index is 8.52. The SMILES string of the molecule is O=S(=O)([O-])[O-].[O]=[Pb].[O]=[Pb].[O]=[Pb].[O]=[Pb].[PbH2+2]. The van der Waals surface area contributed by atoms with E-state index in [0.717, 1.165) is 0 Å². The third-order valence-corrected chi connectivity index (χ3v) is 0. The molecule has 0 aromatic carbocycles. The Labute approximate surface area is 165 Å². The monoisotopic (exact) mass is 1200 g/mol. The van der Waals surface area contributed by atoms with Gasteiger partial charge < -0.3 is 9.11 Å². The van der Waals surface area contributed by atoms with Gasteiger partial charge >= 0.3 is 141 Å². The van der Waals surface area contributed by atoms with Crippen molar-refractivity contribution in [3.05, 3.63) is 0 Å². The van der Waals surface area contributed by atoms with Crippen molar-refractivity contribution >= 4 is 141 Å². The topological polar surface area (TPSA) is 149 Å². The number of rotatable bonds is 0. The molecule has 0 aromatic heterocycles. The summed E-state index contributed by atoms with van der Waals surface area (Å²) in [7, 11) is -5.17. The summed E-state index contributed by atoms with van der Waals surface area (Å²) in [6.45, 7) is 0. The third-order valence-electron chi connectivity index (χ3n) is 0. The van der Waals surface area contributed by atoms with E-state index in [-0.39, 0.29) is 130 Å². The Kier molecular flexibility index (Phi) is 113. The molecule has 14 heteroatoms. The summed E-state index contributed by atoms with van der Waals surface area (Å²) in [6, 6.07) is 0. The molecular weight excluding hydrogens is 1200 g/mol. The second kappa shape index (κ2) is 43.8. The molecule has 14 heavy (non-hydrogen) atoms. The third kappa shape index (κ3) is 249. The zero-order chi connectivity index (χ0) is 12.5. The van der Waals surface area contributed by atoms with E-state index in [0.29, 0.717) is 0 Å². The molecule has 0 aliphatic carbocycles. The molecule has 0 amide bonds. The first-order chi connectivity index (χ1) is 6.00. The van der Waals surface area contributed by atoms with Crippen LogP contribution in [-0.4, -0.2) is 148 Å². The van der Waals surface area contributed by atoms with Crippen LogP contribution in [-0.2, 0) is 21.1 Å². The van der Waals surface area contributed by atoms with Gasteiger partial charge in [0.25, 0.3) is 0 Å². The van der Waals surface area contributed by atoms with Crippen LogP contribution in [0.1, 0.15) is 0 Å². The zero-order valence-electron chi connectivity index (χ0n) is 6.38. The normalized spacial score (nSPS) is 5.29. The van der Waals surface area contributed by atoms with Crippen LogP contribution < -0.4 is 0 Å². The fourth-order valence-corrected chi connectivity index (χ4v) is 0. The summed E-state index contributed by atoms with van der Waals surface area (Å²) >= 11 is 0.222. The van der Waals surface area contributed by atoms with Crippen LogP contribution >= 0.6 is 0 Å². The predicted molar refractivity (Wildman–Crippen MR) is 44.8 cm³/mol. The molecule has 8 nitrogen and oxygen atoms in total. The van der Waals surface area contributed by atoms with Crippen molar-refractivity contribution in [1.29, 1.82) is 0 Å². The Morgan fingerprint density at radius 3 is 0.643 bits per heavy atom. The van der Waals surface area contributed by atoms with Crippen LogP contribution in [0.4, 0.5) is 0 Å². The van der Waals surface area contributed by atoms with Crippen LogP contribution in [0.15, 0.2) is 0 Å². The molecule has 0 fully saturated rings. The van der Waals surface area contributed by atoms with Gasteiger partial charge in [-0.2, -0.15) is 0 Å². The average molecular weight is 1200 g/mol. The van der Waals surface area contributed by atoms with Crippen molar-refractivity contribution in [3.63, 3.8) is 0 Å². The van der Waals surface area contributed by atoms with Crippen LogP contribution in [0.25, 0.3) is 0 Å². The quantitative estimate of drug-likeness (QED) is 0.135. The van der Waals surface area contributed by atoms with Crippen LogP contribution in [0, 0.1) is 0 Å². The Morgan fingerprint density at radius 1 is 0.643 bits per heavy atom. The molecule has 0 rings (SSSR count). The van der Waals surface area contributed by atoms with Crippen molar-refractivity contribution in [2.24, 2.45) is 0 Å². The molecule has 76 valence electrons. The van der Waals surface area contributed by atoms with Gasteiger partial charge in [0.15, 0.2) is 0 Å². The second-order valence-electron chi connectivity index (χ2n) is 0.408. The second-order valence-corrected chi connectivity index (χ2v) is 1.22. The summed E-state index contributed by atoms with van der Waals surface area (Å²) in [5.41, 5.74) is 0. The van der Waals surface area contributed by atoms with Gasteiger partial charge in [-0.1, -0.05) is 0 Å². The molecule has 0 aliphatic heterocycles. The fraction of sp³-hybridized carbons (Fsp3) is 0. The molecule has 0 spiro atoms. The van der Waals surface area contributed by atoms with Gasteiger partial charge in [-0.05, 0) is 0 Å². The van der Waals surface area contributed by atoms with Crippen LogP contribution in [0.3, 0.4) is 0 Å². The van der Waals surface area contributed by atoms with Gasteiger partial charge in [0, 0.05) is 10.4 Å². The summed E-state index contributed by atoms with van der Waals surface area (Å²) in [5, 5.41) is 0. The van der Waals surface area contributed by atoms with E-state index < -0.39 is 10.4 Å². The molecule has 0 atom stereocenters. The molecule has 8 radical (unpaired) electrons. The number of hydrogen-bond donors (Lipinski definition) is 0. The van der Waals surface area contributed by atoms with E-state index in [9.17, 15) is 0 Å². The Bertz CT molecular complexity index is 137. The van der Waals surface area contributed by atoms with Gasteiger partial charge in [-0.25, -0.2) is 0 Å². The standard InChI is InChI=1S/H2O4S.4O.5Pb.2H/c1-5(2,3)4;;;;;;;;;;;/h(H2,1,2,3,4);;;;;;;;;;;/q;;;;;;;;;+2;;/p-2. The van der Waals surface area contributed by atoms with Gasteiger partial charge in [0.2, 0.25) is 0 Å². The molecular formula is H2O8Pb5S. The van der Waals surface area contributed by atoms with Crippen molar-refractivity contribution < 1.29 is 28.3 Å². The molecule has 0 aromatic rings. The predicted octanol–water partition coefficient (Wildman–Crippen LogP) is -4.25. The summed E-state index contributed by atoms with van der Waals surface area (Å²) < 4.78 is 67.6. The van der Waals surface area contributed by atoms with E-state index in [1.165, 1.54) is 0 Å². The van der Waals surface area contributed by atoms with Crippen molar-refractivity contribution in [1.82, 2.24) is 0 Å². The Hall–Kier alpha value is 3.68. The van der Waals surface area contributed by atoms with E-state index >= 15 is 0 Å². The first-order valence-electron chi connectivity index (χ1n) is 1.48. The van der Waals surface area contributed by atoms with Crippen molar-refractivity contribution in [3.8, 4) is 0 Å². The summed E-state index contributed by atoms with van der Waals surface area (Å²) in [6.07, 6.45) is 0. The molecule has 0 bridgehead atoms. The molecule has 0 heterocycles. The molecule has 0 saturated heterocycles. The molecule has 0 unspecified atom stereocenters. The van der Waals surface area contributed by atoms with Crippen LogP contribution in [0.5, 0.6) is 0 Å². The minimum atomic E-state index is -5.17. The van der Waals surface area contributed by atoms with Crippen LogP contribution in [0.2, 0.25) is 0 Å². The van der Waals surface area contributed by atoms with E-state index in [1.54, 1.807) is 0 Å². The summed E-state index contributed by atoms with van der Waals surface area (Å²) in [5.74, 6) is 0. The Morgan fingerprint density at radius 2 is 0.643 bits per heavy atom. The van der Waals surface area contributed by atoms with E-state index in [1.807, 2.05) is 0 Å². The number of hydrogen-bond acceptors (Lipinski definition) is 8. The average Bonchev–Trinajstić information content (AvgIpc) is 2.14. The summed E-state index contributed by atoms with van der Waals surface area (Å²) in [4.78, 5) is 0. The van der Waals surface area contributed by atoms with E-state index in [4.69, 9.17) is 28.3 Å². The maximum absolute atomic E-state index is 8.52. The van der Waals surface area contributed by atoms with E-state index in [2.05, 4.69) is 0 Å². The van der Waals surface area contributed by atoms with Gasteiger partial charge in [-0.15, -0.1) is 0 Å². The zero-order valence-corrected chi connectivity index (χ0v) is 28.2. The molecule has 0 aliphatic rings. The van der Waals surface area contributed by atoms with Gasteiger partial charge in [0.05, 0.1) is 0 Å². The van der Waals surface area contributed by atoms with Crippen molar-refractivity contribution in [2.75, 3.05) is 0 Å². The van der Waals surface area contributed by atoms with Gasteiger partial charge in [-0.3, -0.25) is 8.42 Å². The molecule has 0 saturated carbocycles. The van der Waals surface area contributed by atoms with Gasteiger partial charge in [0.1, 0.15) is 0 Å².